The number of aromatic nitrogens is 4. The molecule has 1 N–H and O–H groups in total. The summed E-state index contributed by atoms with van der Waals surface area (Å²) >= 11 is 16.6. The van der Waals surface area contributed by atoms with Crippen molar-refractivity contribution in [1.82, 2.24) is 19.9 Å². The minimum atomic E-state index is 0. The molecule has 116 valence electrons. The second-order valence-corrected chi connectivity index (χ2v) is 5.25. The van der Waals surface area contributed by atoms with Crippen LogP contribution in [0, 0.1) is 13.8 Å². The van der Waals surface area contributed by atoms with Gasteiger partial charge in [-0.05, 0) is 49.5 Å². The van der Waals surface area contributed by atoms with Crippen LogP contribution in [-0.4, -0.2) is 26.5 Å². The van der Waals surface area contributed by atoms with Gasteiger partial charge in [0.1, 0.15) is 11.0 Å². The SMILES string of the molecule is CCCNc1cc(C)nc(Cl)n1.Cc1cc(Cl)nc(Cl)n1.[3HH]. The first-order chi connectivity index (χ1) is 9.90. The summed E-state index contributed by atoms with van der Waals surface area (Å²) in [5.41, 5.74) is 1.66. The molecular weight excluding hydrogens is 333 g/mol. The molecule has 5 nitrogen and oxygen atoms in total. The Morgan fingerprint density at radius 1 is 0.952 bits per heavy atom. The number of hydrogen-bond donors (Lipinski definition) is 1. The Kier molecular flexibility index (Phi) is 7.64. The highest BCUT2D eigenvalue weighted by Gasteiger charge is 1.97. The van der Waals surface area contributed by atoms with E-state index in [1.165, 1.54) is 0 Å². The number of hydrogen-bond acceptors (Lipinski definition) is 5. The summed E-state index contributed by atoms with van der Waals surface area (Å²) in [6.45, 7) is 6.71. The predicted molar refractivity (Wildman–Crippen MR) is 89.5 cm³/mol. The van der Waals surface area contributed by atoms with Crippen LogP contribution in [0.1, 0.15) is 26.2 Å². The molecule has 2 aromatic heterocycles. The Labute approximate surface area is 140 Å². The maximum Gasteiger partial charge on any atom is 0.224 e. The molecular formula is C13H18Cl3N5. The zero-order chi connectivity index (χ0) is 15.8. The fourth-order valence-corrected chi connectivity index (χ4v) is 2.10. The maximum atomic E-state index is 5.67. The lowest BCUT2D eigenvalue weighted by Crippen LogP contribution is -2.03. The van der Waals surface area contributed by atoms with Crippen molar-refractivity contribution in [2.24, 2.45) is 0 Å². The Hall–Kier alpha value is -1.17. The lowest BCUT2D eigenvalue weighted by atomic mass is 10.4. The predicted octanol–water partition coefficient (Wildman–Crippen LogP) is 4.60. The zero-order valence-corrected chi connectivity index (χ0v) is 14.3. The van der Waals surface area contributed by atoms with Crippen molar-refractivity contribution in [1.29, 1.82) is 0 Å². The number of nitrogens with one attached hydrogen (secondary N) is 1. The molecule has 0 fully saturated rings. The van der Waals surface area contributed by atoms with Crippen molar-refractivity contribution in [2.75, 3.05) is 11.9 Å². The topological polar surface area (TPSA) is 63.6 Å². The molecule has 0 aliphatic carbocycles. The molecule has 2 rings (SSSR count). The van der Waals surface area contributed by atoms with Crippen LogP contribution in [0.25, 0.3) is 0 Å². The van der Waals surface area contributed by atoms with E-state index < -0.39 is 0 Å². The van der Waals surface area contributed by atoms with Crippen LogP contribution in [-0.2, 0) is 0 Å². The lowest BCUT2D eigenvalue weighted by molar-refractivity contribution is 0.961. The second-order valence-electron chi connectivity index (χ2n) is 4.19. The molecule has 0 aliphatic heterocycles. The molecule has 0 aromatic carbocycles. The van der Waals surface area contributed by atoms with E-state index in [1.54, 1.807) is 13.0 Å². The quantitative estimate of drug-likeness (QED) is 0.646. The molecule has 0 saturated heterocycles. The van der Waals surface area contributed by atoms with Gasteiger partial charge in [0.2, 0.25) is 10.6 Å². The van der Waals surface area contributed by atoms with E-state index in [4.69, 9.17) is 34.8 Å². The molecule has 0 atom stereocenters. The van der Waals surface area contributed by atoms with Crippen molar-refractivity contribution in [3.05, 3.63) is 39.2 Å². The Morgan fingerprint density at radius 3 is 2.00 bits per heavy atom. The fourth-order valence-electron chi connectivity index (χ4n) is 1.37. The van der Waals surface area contributed by atoms with Crippen LogP contribution in [0.5, 0.6) is 0 Å². The molecule has 0 radical (unpaired) electrons. The first-order valence-electron chi connectivity index (χ1n) is 6.32. The third-order valence-corrected chi connectivity index (χ3v) is 2.71. The molecule has 2 aromatic rings. The number of aryl methyl sites for hydroxylation is 2. The van der Waals surface area contributed by atoms with E-state index >= 15 is 0 Å². The van der Waals surface area contributed by atoms with Gasteiger partial charge in [-0.1, -0.05) is 18.5 Å². The van der Waals surface area contributed by atoms with Gasteiger partial charge in [0.15, 0.2) is 0 Å². The Morgan fingerprint density at radius 2 is 1.52 bits per heavy atom. The van der Waals surface area contributed by atoms with Crippen molar-refractivity contribution in [2.45, 2.75) is 27.2 Å². The summed E-state index contributed by atoms with van der Waals surface area (Å²) < 4.78 is 0. The average molecular weight is 353 g/mol. The van der Waals surface area contributed by atoms with Gasteiger partial charge < -0.3 is 5.32 Å². The van der Waals surface area contributed by atoms with Gasteiger partial charge in [0.25, 0.3) is 0 Å². The smallest absolute Gasteiger partial charge is 0.224 e. The van der Waals surface area contributed by atoms with Crippen molar-refractivity contribution in [3.8, 4) is 0 Å². The van der Waals surface area contributed by atoms with Crippen molar-refractivity contribution < 1.29 is 1.43 Å². The van der Waals surface area contributed by atoms with Crippen molar-refractivity contribution >= 4 is 40.6 Å². The normalized spacial score (nSPS) is 9.81. The Balaban J connectivity index is 0.000000397. The van der Waals surface area contributed by atoms with E-state index in [1.807, 2.05) is 13.0 Å². The highest BCUT2D eigenvalue weighted by atomic mass is 35.5. The first kappa shape index (κ1) is 17.9. The lowest BCUT2D eigenvalue weighted by Gasteiger charge is -2.03. The van der Waals surface area contributed by atoms with Gasteiger partial charge in [-0.3, -0.25) is 0 Å². The van der Waals surface area contributed by atoms with Gasteiger partial charge in [0, 0.05) is 25.4 Å². The van der Waals surface area contributed by atoms with E-state index in [2.05, 4.69) is 32.2 Å². The third kappa shape index (κ3) is 7.41. The van der Waals surface area contributed by atoms with Gasteiger partial charge in [-0.15, -0.1) is 0 Å². The summed E-state index contributed by atoms with van der Waals surface area (Å²) in [6.07, 6.45) is 1.07. The minimum absolute atomic E-state index is 0. The summed E-state index contributed by atoms with van der Waals surface area (Å²) in [5, 5.41) is 4.02. The molecule has 21 heavy (non-hydrogen) atoms. The minimum Gasteiger partial charge on any atom is -0.370 e. The first-order valence-corrected chi connectivity index (χ1v) is 7.46. The second kappa shape index (κ2) is 8.97. The maximum absolute atomic E-state index is 5.67. The van der Waals surface area contributed by atoms with Crippen LogP contribution < -0.4 is 5.32 Å². The highest BCUT2D eigenvalue weighted by Crippen LogP contribution is 2.09. The van der Waals surface area contributed by atoms with E-state index in [-0.39, 0.29) is 6.71 Å². The molecule has 0 bridgehead atoms. The van der Waals surface area contributed by atoms with Gasteiger partial charge in [-0.2, -0.15) is 0 Å². The molecule has 0 aliphatic rings. The van der Waals surface area contributed by atoms with Crippen molar-refractivity contribution in [3.63, 3.8) is 0 Å². The molecule has 0 amide bonds. The van der Waals surface area contributed by atoms with Crippen LogP contribution >= 0.6 is 34.8 Å². The molecule has 0 saturated carbocycles. The monoisotopic (exact) mass is 351 g/mol. The number of rotatable bonds is 3. The van der Waals surface area contributed by atoms with Gasteiger partial charge in [0.05, 0.1) is 0 Å². The standard InChI is InChI=1S/C8H12ClN3.C5H4Cl2N2.H2/c1-3-4-10-7-5-6(2)11-8(9)12-7;1-3-2-4(6)9-5(7)8-3;/h5H,3-4H2,1-2H3,(H,10,11,12);2H,1H3;1H/i;;1+2. The van der Waals surface area contributed by atoms with E-state index in [0.29, 0.717) is 10.4 Å². The van der Waals surface area contributed by atoms with Gasteiger partial charge >= 0.3 is 0 Å². The van der Waals surface area contributed by atoms with E-state index in [0.717, 1.165) is 30.2 Å². The zero-order valence-electron chi connectivity index (χ0n) is 12.0. The van der Waals surface area contributed by atoms with Crippen LogP contribution in [0.4, 0.5) is 5.82 Å². The number of nitrogens with zero attached hydrogens (tertiary/aromatic N) is 4. The summed E-state index contributed by atoms with van der Waals surface area (Å²) in [6, 6.07) is 3.52. The van der Waals surface area contributed by atoms with E-state index in [9.17, 15) is 0 Å². The summed E-state index contributed by atoms with van der Waals surface area (Å²) in [7, 11) is 0. The molecule has 8 heteroatoms. The average Bonchev–Trinajstić information content (AvgIpc) is 2.34. The third-order valence-electron chi connectivity index (χ3n) is 2.18. The largest absolute Gasteiger partial charge is 0.370 e. The Bertz CT molecular complexity index is 527. The van der Waals surface area contributed by atoms with Gasteiger partial charge in [-0.25, -0.2) is 19.9 Å². The number of halogens is 3. The molecule has 0 spiro atoms. The molecule has 2 heterocycles. The molecule has 0 unspecified atom stereocenters. The number of anilines is 1. The van der Waals surface area contributed by atoms with Crippen LogP contribution in [0.15, 0.2) is 12.1 Å². The van der Waals surface area contributed by atoms with Crippen LogP contribution in [0.3, 0.4) is 0 Å². The highest BCUT2D eigenvalue weighted by molar-refractivity contribution is 6.31. The summed E-state index contributed by atoms with van der Waals surface area (Å²) in [4.78, 5) is 15.4. The van der Waals surface area contributed by atoms with Crippen LogP contribution in [0.2, 0.25) is 15.7 Å². The summed E-state index contributed by atoms with van der Waals surface area (Å²) in [5.74, 6) is 0.800. The fraction of sp³-hybridized carbons (Fsp3) is 0.385.